The lowest BCUT2D eigenvalue weighted by Gasteiger charge is -2.07. The monoisotopic (exact) mass is 497 g/mol. The van der Waals surface area contributed by atoms with Gasteiger partial charge in [0.2, 0.25) is 4.96 Å². The molecule has 3 aromatic heterocycles. The summed E-state index contributed by atoms with van der Waals surface area (Å²) in [5, 5.41) is 4.33. The van der Waals surface area contributed by atoms with Gasteiger partial charge in [0, 0.05) is 17.2 Å². The number of fused-ring (bicyclic) bond motifs is 1. The maximum absolute atomic E-state index is 13.0. The van der Waals surface area contributed by atoms with E-state index in [1.807, 2.05) is 31.2 Å². The van der Waals surface area contributed by atoms with Crippen LogP contribution in [0.3, 0.4) is 0 Å². The second kappa shape index (κ2) is 9.03. The number of ether oxygens (including phenoxy) is 1. The summed E-state index contributed by atoms with van der Waals surface area (Å²) in [5.41, 5.74) is -0.0707. The van der Waals surface area contributed by atoms with Crippen LogP contribution in [0.15, 0.2) is 69.9 Å². The third-order valence-corrected chi connectivity index (χ3v) is 6.10. The average molecular weight is 497 g/mol. The molecule has 0 atom stereocenters. The highest BCUT2D eigenvalue weighted by Crippen LogP contribution is 2.32. The smallest absolute Gasteiger partial charge is 0.416 e. The van der Waals surface area contributed by atoms with Crippen molar-refractivity contribution in [2.75, 3.05) is 6.61 Å². The molecule has 0 radical (unpaired) electrons. The summed E-state index contributed by atoms with van der Waals surface area (Å²) >= 11 is 1.15. The number of benzene rings is 2. The first kappa shape index (κ1) is 22.9. The molecule has 0 aliphatic heterocycles. The van der Waals surface area contributed by atoms with Crippen molar-refractivity contribution >= 4 is 22.4 Å². The number of rotatable bonds is 6. The zero-order valence-corrected chi connectivity index (χ0v) is 19.2. The fraction of sp³-hybridized carbons (Fsp3) is 0.160. The Labute approximate surface area is 200 Å². The standard InChI is InChI=1S/C25H18F3N3O3S/c1-2-12-33-18-8-6-15(7-9-18)22-29-24-31(30-22)23(32)21(35-24)14-19-10-11-20(34-19)16-4-3-5-17(13-16)25(26,27)28/h3-11,13-14H,2,12H2,1H3. The molecule has 0 fully saturated rings. The third kappa shape index (κ3) is 4.69. The molecule has 2 aromatic carbocycles. The van der Waals surface area contributed by atoms with E-state index in [4.69, 9.17) is 9.15 Å². The van der Waals surface area contributed by atoms with Crippen LogP contribution < -0.4 is 14.8 Å². The Morgan fingerprint density at radius 3 is 2.60 bits per heavy atom. The van der Waals surface area contributed by atoms with Gasteiger partial charge in [-0.2, -0.15) is 22.7 Å². The Morgan fingerprint density at radius 1 is 1.09 bits per heavy atom. The van der Waals surface area contributed by atoms with E-state index in [1.54, 1.807) is 12.1 Å². The normalized spacial score (nSPS) is 12.5. The zero-order valence-electron chi connectivity index (χ0n) is 18.4. The second-order valence-corrected chi connectivity index (χ2v) is 8.71. The number of nitrogens with zero attached hydrogens (tertiary/aromatic N) is 3. The van der Waals surface area contributed by atoms with Crippen LogP contribution in [-0.4, -0.2) is 21.2 Å². The summed E-state index contributed by atoms with van der Waals surface area (Å²) in [6.45, 7) is 2.66. The van der Waals surface area contributed by atoms with Crippen LogP contribution in [0.25, 0.3) is 33.7 Å². The van der Waals surface area contributed by atoms with Gasteiger partial charge in [0.15, 0.2) is 5.82 Å². The highest BCUT2D eigenvalue weighted by atomic mass is 32.1. The van der Waals surface area contributed by atoms with Crippen molar-refractivity contribution in [1.29, 1.82) is 0 Å². The molecule has 0 saturated heterocycles. The molecule has 5 rings (SSSR count). The Hall–Kier alpha value is -3.92. The molecule has 10 heteroatoms. The van der Waals surface area contributed by atoms with E-state index in [0.717, 1.165) is 41.2 Å². The Kier molecular flexibility index (Phi) is 5.89. The van der Waals surface area contributed by atoms with Gasteiger partial charge in [0.05, 0.1) is 12.2 Å². The van der Waals surface area contributed by atoms with Crippen molar-refractivity contribution in [3.05, 3.63) is 86.9 Å². The maximum atomic E-state index is 13.0. The van der Waals surface area contributed by atoms with Crippen LogP contribution >= 0.6 is 11.3 Å². The Bertz CT molecular complexity index is 1600. The SMILES string of the molecule is CCCOc1ccc(-c2nc3sc(=Cc4ccc(-c5cccc(C(F)(F)F)c5)o4)c(=O)n3n2)cc1. The van der Waals surface area contributed by atoms with Gasteiger partial charge in [-0.25, -0.2) is 0 Å². The van der Waals surface area contributed by atoms with Gasteiger partial charge < -0.3 is 9.15 Å². The van der Waals surface area contributed by atoms with Crippen molar-refractivity contribution in [3.63, 3.8) is 0 Å². The molecule has 35 heavy (non-hydrogen) atoms. The van der Waals surface area contributed by atoms with Crippen molar-refractivity contribution in [3.8, 4) is 28.5 Å². The van der Waals surface area contributed by atoms with E-state index < -0.39 is 11.7 Å². The van der Waals surface area contributed by atoms with E-state index in [0.29, 0.717) is 33.2 Å². The largest absolute Gasteiger partial charge is 0.494 e. The summed E-state index contributed by atoms with van der Waals surface area (Å²) in [5.74, 6) is 1.78. The number of aromatic nitrogens is 3. The van der Waals surface area contributed by atoms with Crippen molar-refractivity contribution in [1.82, 2.24) is 14.6 Å². The number of thiazole rings is 1. The maximum Gasteiger partial charge on any atom is 0.416 e. The van der Waals surface area contributed by atoms with Gasteiger partial charge in [-0.1, -0.05) is 30.4 Å². The van der Waals surface area contributed by atoms with Crippen molar-refractivity contribution < 1.29 is 22.3 Å². The molecule has 0 bridgehead atoms. The summed E-state index contributed by atoms with van der Waals surface area (Å²) in [7, 11) is 0. The van der Waals surface area contributed by atoms with Crippen molar-refractivity contribution in [2.24, 2.45) is 0 Å². The molecule has 0 aliphatic carbocycles. The molecular weight excluding hydrogens is 479 g/mol. The molecule has 6 nitrogen and oxygen atoms in total. The molecule has 0 spiro atoms. The van der Waals surface area contributed by atoms with Crippen molar-refractivity contribution in [2.45, 2.75) is 19.5 Å². The minimum atomic E-state index is -4.45. The highest BCUT2D eigenvalue weighted by Gasteiger charge is 2.30. The fourth-order valence-electron chi connectivity index (χ4n) is 3.44. The predicted molar refractivity (Wildman–Crippen MR) is 126 cm³/mol. The molecule has 0 unspecified atom stereocenters. The van der Waals surface area contributed by atoms with Gasteiger partial charge in [-0.05, 0) is 55.0 Å². The van der Waals surface area contributed by atoms with Crippen LogP contribution in [0.4, 0.5) is 13.2 Å². The summed E-state index contributed by atoms with van der Waals surface area (Å²) in [6.07, 6.45) is -2.01. The van der Waals surface area contributed by atoms with E-state index >= 15 is 0 Å². The lowest BCUT2D eigenvalue weighted by atomic mass is 10.1. The first-order valence-electron chi connectivity index (χ1n) is 10.7. The second-order valence-electron chi connectivity index (χ2n) is 7.70. The number of alkyl halides is 3. The summed E-state index contributed by atoms with van der Waals surface area (Å²) < 4.78 is 51.8. The van der Waals surface area contributed by atoms with Gasteiger partial charge in [0.25, 0.3) is 5.56 Å². The molecule has 0 aliphatic rings. The summed E-state index contributed by atoms with van der Waals surface area (Å²) in [6, 6.07) is 15.4. The fourth-order valence-corrected chi connectivity index (χ4v) is 4.33. The van der Waals surface area contributed by atoms with Crippen LogP contribution in [0.2, 0.25) is 0 Å². The van der Waals surface area contributed by atoms with E-state index in [9.17, 15) is 18.0 Å². The predicted octanol–water partition coefficient (Wildman–Crippen LogP) is 5.43. The molecule has 0 amide bonds. The lowest BCUT2D eigenvalue weighted by Crippen LogP contribution is -2.23. The van der Waals surface area contributed by atoms with Crippen LogP contribution in [0.1, 0.15) is 24.7 Å². The van der Waals surface area contributed by atoms with E-state index in [1.165, 1.54) is 22.7 Å². The quantitative estimate of drug-likeness (QED) is 0.313. The molecular formula is C25H18F3N3O3S. The molecule has 0 N–H and O–H groups in total. The van der Waals surface area contributed by atoms with E-state index in [2.05, 4.69) is 10.1 Å². The first-order chi connectivity index (χ1) is 16.8. The average Bonchev–Trinajstić information content (AvgIpc) is 3.55. The van der Waals surface area contributed by atoms with Crippen LogP contribution in [0, 0.1) is 0 Å². The number of halogens is 3. The lowest BCUT2D eigenvalue weighted by molar-refractivity contribution is -0.137. The van der Waals surface area contributed by atoms with Gasteiger partial charge in [-0.15, -0.1) is 5.10 Å². The number of hydrogen-bond acceptors (Lipinski definition) is 6. The third-order valence-electron chi connectivity index (χ3n) is 5.14. The molecule has 0 saturated carbocycles. The van der Waals surface area contributed by atoms with Crippen LogP contribution in [0.5, 0.6) is 5.75 Å². The number of hydrogen-bond donors (Lipinski definition) is 0. The molecule has 5 aromatic rings. The van der Waals surface area contributed by atoms with Gasteiger partial charge in [0.1, 0.15) is 21.8 Å². The summed E-state index contributed by atoms with van der Waals surface area (Å²) in [4.78, 5) is 17.7. The van der Waals surface area contributed by atoms with Gasteiger partial charge in [-0.3, -0.25) is 4.79 Å². The van der Waals surface area contributed by atoms with Gasteiger partial charge >= 0.3 is 6.18 Å². The minimum absolute atomic E-state index is 0.267. The molecule has 3 heterocycles. The minimum Gasteiger partial charge on any atom is -0.494 e. The number of furan rings is 1. The topological polar surface area (TPSA) is 69.6 Å². The van der Waals surface area contributed by atoms with Crippen LogP contribution in [-0.2, 0) is 6.18 Å². The first-order valence-corrected chi connectivity index (χ1v) is 11.6. The van der Waals surface area contributed by atoms with E-state index in [-0.39, 0.29) is 11.3 Å². The Morgan fingerprint density at radius 2 is 1.89 bits per heavy atom. The molecule has 178 valence electrons. The Balaban J connectivity index is 1.42. The highest BCUT2D eigenvalue weighted by molar-refractivity contribution is 7.15. The zero-order chi connectivity index (χ0) is 24.6.